The molecule has 1 saturated heterocycles. The number of rotatable bonds is 4. The smallest absolute Gasteiger partial charge is 0.357 e. The lowest BCUT2D eigenvalue weighted by Gasteiger charge is -2.31. The summed E-state index contributed by atoms with van der Waals surface area (Å²) in [5, 5.41) is 8.78. The lowest BCUT2D eigenvalue weighted by atomic mass is 9.97. The number of carboxylic acids is 1. The van der Waals surface area contributed by atoms with Gasteiger partial charge in [-0.05, 0) is 38.9 Å². The van der Waals surface area contributed by atoms with Gasteiger partial charge in [0.05, 0.1) is 0 Å². The first-order valence-electron chi connectivity index (χ1n) is 6.14. The molecule has 0 amide bonds. The average Bonchev–Trinajstić information content (AvgIpc) is 2.81. The van der Waals surface area contributed by atoms with Gasteiger partial charge in [-0.15, -0.1) is 0 Å². The van der Waals surface area contributed by atoms with E-state index in [0.29, 0.717) is 11.9 Å². The predicted molar refractivity (Wildman–Crippen MR) is 67.0 cm³/mol. The topological polar surface area (TPSA) is 69.8 Å². The Morgan fingerprint density at radius 2 is 2.28 bits per heavy atom. The number of hydrogen-bond donors (Lipinski definition) is 1. The Kier molecular flexibility index (Phi) is 3.86. The van der Waals surface area contributed by atoms with Crippen molar-refractivity contribution < 1.29 is 14.3 Å². The van der Waals surface area contributed by atoms with E-state index in [1.807, 2.05) is 11.9 Å². The third-order valence-electron chi connectivity index (χ3n) is 3.41. The largest absolute Gasteiger partial charge is 0.476 e. The summed E-state index contributed by atoms with van der Waals surface area (Å²) in [5.74, 6) is -0.441. The molecular formula is C12H19N3O3. The molecule has 2 rings (SSSR count). The highest BCUT2D eigenvalue weighted by atomic mass is 16.4. The van der Waals surface area contributed by atoms with Crippen molar-refractivity contribution in [3.05, 3.63) is 12.0 Å². The minimum Gasteiger partial charge on any atom is -0.476 e. The van der Waals surface area contributed by atoms with E-state index in [4.69, 9.17) is 9.52 Å². The number of anilines is 1. The number of aromatic carboxylic acids is 1. The van der Waals surface area contributed by atoms with Crippen molar-refractivity contribution >= 4 is 12.0 Å². The molecule has 0 atom stereocenters. The fourth-order valence-electron chi connectivity index (χ4n) is 2.25. The molecule has 6 heteroatoms. The number of piperidine rings is 1. The van der Waals surface area contributed by atoms with Crippen LogP contribution in [0.2, 0.25) is 0 Å². The molecule has 0 aliphatic carbocycles. The maximum Gasteiger partial charge on any atom is 0.357 e. The summed E-state index contributed by atoms with van der Waals surface area (Å²) in [6.45, 7) is 3.09. The molecule has 0 aromatic carbocycles. The molecule has 0 radical (unpaired) electrons. The molecule has 1 aliphatic heterocycles. The molecule has 0 unspecified atom stereocenters. The Morgan fingerprint density at radius 1 is 1.61 bits per heavy atom. The zero-order valence-electron chi connectivity index (χ0n) is 10.8. The minimum atomic E-state index is -1.06. The fraction of sp³-hybridized carbons (Fsp3) is 0.667. The first kappa shape index (κ1) is 12.9. The van der Waals surface area contributed by atoms with Gasteiger partial charge in [0.15, 0.2) is 5.69 Å². The SMILES string of the molecule is CN1CCC(CN(C)c2nc(C(=O)O)co2)CC1. The Morgan fingerprint density at radius 3 is 2.83 bits per heavy atom. The van der Waals surface area contributed by atoms with Crippen molar-refractivity contribution in [2.45, 2.75) is 12.8 Å². The Balaban J connectivity index is 1.90. The summed E-state index contributed by atoms with van der Waals surface area (Å²) in [6.07, 6.45) is 3.50. The molecule has 2 heterocycles. The summed E-state index contributed by atoms with van der Waals surface area (Å²) in [7, 11) is 4.02. The highest BCUT2D eigenvalue weighted by Crippen LogP contribution is 2.20. The summed E-state index contributed by atoms with van der Waals surface area (Å²) < 4.78 is 5.17. The summed E-state index contributed by atoms with van der Waals surface area (Å²) in [5.41, 5.74) is -0.0415. The second-order valence-electron chi connectivity index (χ2n) is 4.95. The molecule has 1 aliphatic rings. The van der Waals surface area contributed by atoms with E-state index in [9.17, 15) is 4.79 Å². The van der Waals surface area contributed by atoms with Crippen LogP contribution in [-0.4, -0.2) is 54.7 Å². The van der Waals surface area contributed by atoms with Crippen LogP contribution in [0.25, 0.3) is 0 Å². The van der Waals surface area contributed by atoms with Gasteiger partial charge >= 0.3 is 5.97 Å². The molecule has 1 fully saturated rings. The van der Waals surface area contributed by atoms with E-state index in [1.165, 1.54) is 6.26 Å². The van der Waals surface area contributed by atoms with E-state index < -0.39 is 5.97 Å². The number of hydrogen-bond acceptors (Lipinski definition) is 5. The normalized spacial score (nSPS) is 17.9. The molecular weight excluding hydrogens is 234 g/mol. The first-order chi connectivity index (χ1) is 8.56. The van der Waals surface area contributed by atoms with Crippen LogP contribution in [0.4, 0.5) is 6.01 Å². The van der Waals surface area contributed by atoms with E-state index in [0.717, 1.165) is 32.5 Å². The van der Waals surface area contributed by atoms with E-state index in [1.54, 1.807) is 0 Å². The molecule has 6 nitrogen and oxygen atoms in total. The number of oxazole rings is 1. The van der Waals surface area contributed by atoms with Crippen molar-refractivity contribution in [2.75, 3.05) is 38.6 Å². The van der Waals surface area contributed by atoms with Gasteiger partial charge in [-0.2, -0.15) is 4.98 Å². The molecule has 18 heavy (non-hydrogen) atoms. The van der Waals surface area contributed by atoms with Crippen LogP contribution >= 0.6 is 0 Å². The molecule has 1 aromatic rings. The van der Waals surface area contributed by atoms with Gasteiger partial charge in [0.25, 0.3) is 6.01 Å². The summed E-state index contributed by atoms with van der Waals surface area (Å²) in [6, 6.07) is 0.381. The van der Waals surface area contributed by atoms with Crippen molar-refractivity contribution in [1.29, 1.82) is 0 Å². The molecule has 0 bridgehead atoms. The average molecular weight is 253 g/mol. The van der Waals surface area contributed by atoms with Gasteiger partial charge in [0, 0.05) is 13.6 Å². The van der Waals surface area contributed by atoms with Gasteiger partial charge in [-0.3, -0.25) is 0 Å². The number of nitrogens with zero attached hydrogens (tertiary/aromatic N) is 3. The second-order valence-corrected chi connectivity index (χ2v) is 4.95. The fourth-order valence-corrected chi connectivity index (χ4v) is 2.25. The third-order valence-corrected chi connectivity index (χ3v) is 3.41. The second kappa shape index (κ2) is 5.39. The third kappa shape index (κ3) is 3.01. The quantitative estimate of drug-likeness (QED) is 0.868. The monoisotopic (exact) mass is 253 g/mol. The number of aromatic nitrogens is 1. The highest BCUT2D eigenvalue weighted by molar-refractivity contribution is 5.85. The Hall–Kier alpha value is -1.56. The Bertz CT molecular complexity index is 410. The van der Waals surface area contributed by atoms with Gasteiger partial charge in [-0.1, -0.05) is 0 Å². The number of carboxylic acid groups (broad SMARTS) is 1. The molecule has 1 aromatic heterocycles. The van der Waals surface area contributed by atoms with Gasteiger partial charge < -0.3 is 19.3 Å². The van der Waals surface area contributed by atoms with Crippen molar-refractivity contribution in [3.63, 3.8) is 0 Å². The maximum absolute atomic E-state index is 10.7. The number of likely N-dealkylation sites (tertiary alicyclic amines) is 1. The highest BCUT2D eigenvalue weighted by Gasteiger charge is 2.20. The molecule has 100 valence electrons. The van der Waals surface area contributed by atoms with Crippen LogP contribution in [0, 0.1) is 5.92 Å². The zero-order valence-corrected chi connectivity index (χ0v) is 10.8. The van der Waals surface area contributed by atoms with Gasteiger partial charge in [0.1, 0.15) is 6.26 Å². The van der Waals surface area contributed by atoms with Crippen molar-refractivity contribution in [1.82, 2.24) is 9.88 Å². The predicted octanol–water partition coefficient (Wildman–Crippen LogP) is 1.15. The minimum absolute atomic E-state index is 0.0415. The standard InChI is InChI=1S/C12H19N3O3/c1-14-5-3-9(4-6-14)7-15(2)12-13-10(8-18-12)11(16)17/h8-9H,3-7H2,1-2H3,(H,16,17). The van der Waals surface area contributed by atoms with Gasteiger partial charge in [-0.25, -0.2) is 4.79 Å². The Labute approximate surface area is 106 Å². The van der Waals surface area contributed by atoms with Gasteiger partial charge in [0.2, 0.25) is 0 Å². The van der Waals surface area contributed by atoms with Crippen molar-refractivity contribution in [2.24, 2.45) is 5.92 Å². The van der Waals surface area contributed by atoms with Crippen LogP contribution in [0.3, 0.4) is 0 Å². The molecule has 0 spiro atoms. The summed E-state index contributed by atoms with van der Waals surface area (Å²) in [4.78, 5) is 18.9. The van der Waals surface area contributed by atoms with Crippen LogP contribution in [-0.2, 0) is 0 Å². The van der Waals surface area contributed by atoms with Crippen molar-refractivity contribution in [3.8, 4) is 0 Å². The lowest BCUT2D eigenvalue weighted by Crippen LogP contribution is -2.35. The molecule has 0 saturated carbocycles. The molecule has 1 N–H and O–H groups in total. The number of carbonyl (C=O) groups is 1. The first-order valence-corrected chi connectivity index (χ1v) is 6.14. The lowest BCUT2D eigenvalue weighted by molar-refractivity contribution is 0.0690. The van der Waals surface area contributed by atoms with Crippen LogP contribution in [0.15, 0.2) is 10.7 Å². The summed E-state index contributed by atoms with van der Waals surface area (Å²) >= 11 is 0. The van der Waals surface area contributed by atoms with Crippen LogP contribution in [0.5, 0.6) is 0 Å². The van der Waals surface area contributed by atoms with Crippen LogP contribution in [0.1, 0.15) is 23.3 Å². The zero-order chi connectivity index (χ0) is 13.1. The van der Waals surface area contributed by atoms with E-state index in [-0.39, 0.29) is 5.69 Å². The van der Waals surface area contributed by atoms with E-state index >= 15 is 0 Å². The maximum atomic E-state index is 10.7. The van der Waals surface area contributed by atoms with E-state index in [2.05, 4.69) is 16.9 Å². The van der Waals surface area contributed by atoms with Crippen LogP contribution < -0.4 is 4.90 Å².